The smallest absolute Gasteiger partial charge is 0.0664 e. The zero-order chi connectivity index (χ0) is 14.2. The summed E-state index contributed by atoms with van der Waals surface area (Å²) in [5, 5.41) is 8.13. The average molecular weight is 275 g/mol. The zero-order valence-corrected chi connectivity index (χ0v) is 13.1. The van der Waals surface area contributed by atoms with Crippen LogP contribution in [0.25, 0.3) is 0 Å². The van der Waals surface area contributed by atoms with Crippen molar-refractivity contribution in [1.29, 1.82) is 0 Å². The van der Waals surface area contributed by atoms with E-state index in [1.165, 1.54) is 43.4 Å². The predicted octanol–water partition coefficient (Wildman–Crippen LogP) is 3.88. The van der Waals surface area contributed by atoms with Crippen molar-refractivity contribution < 1.29 is 0 Å². The van der Waals surface area contributed by atoms with E-state index in [0.29, 0.717) is 6.04 Å². The van der Waals surface area contributed by atoms with Crippen molar-refractivity contribution in [2.45, 2.75) is 64.8 Å². The molecule has 2 rings (SSSR count). The summed E-state index contributed by atoms with van der Waals surface area (Å²) in [6.07, 6.45) is 13.4. The van der Waals surface area contributed by atoms with Gasteiger partial charge in [-0.2, -0.15) is 5.10 Å². The Bertz CT molecular complexity index is 414. The van der Waals surface area contributed by atoms with Gasteiger partial charge < -0.3 is 5.32 Å². The SMILES string of the molecule is CCNCCC=C(C)Cc1ccn(C2CCCCC2)n1. The van der Waals surface area contributed by atoms with Crippen molar-refractivity contribution in [2.24, 2.45) is 0 Å². The van der Waals surface area contributed by atoms with Gasteiger partial charge in [0.1, 0.15) is 0 Å². The number of allylic oxidation sites excluding steroid dienone is 1. The minimum Gasteiger partial charge on any atom is -0.317 e. The van der Waals surface area contributed by atoms with E-state index >= 15 is 0 Å². The number of nitrogens with zero attached hydrogens (tertiary/aromatic N) is 2. The summed E-state index contributed by atoms with van der Waals surface area (Å²) in [6.45, 7) is 6.49. The monoisotopic (exact) mass is 275 g/mol. The first-order valence-corrected chi connectivity index (χ1v) is 8.20. The summed E-state index contributed by atoms with van der Waals surface area (Å²) in [4.78, 5) is 0. The second-order valence-electron chi connectivity index (χ2n) is 5.95. The minimum atomic E-state index is 0.649. The Balaban J connectivity index is 1.82. The summed E-state index contributed by atoms with van der Waals surface area (Å²) < 4.78 is 2.21. The van der Waals surface area contributed by atoms with Crippen molar-refractivity contribution in [3.05, 3.63) is 29.6 Å². The van der Waals surface area contributed by atoms with E-state index in [1.54, 1.807) is 0 Å². The molecule has 3 heteroatoms. The topological polar surface area (TPSA) is 29.9 Å². The van der Waals surface area contributed by atoms with Crippen LogP contribution in [0.1, 0.15) is 64.1 Å². The van der Waals surface area contributed by atoms with Gasteiger partial charge in [0, 0.05) is 12.6 Å². The van der Waals surface area contributed by atoms with Gasteiger partial charge in [-0.15, -0.1) is 0 Å². The Morgan fingerprint density at radius 1 is 1.40 bits per heavy atom. The molecule has 112 valence electrons. The van der Waals surface area contributed by atoms with Crippen LogP contribution in [0.5, 0.6) is 0 Å². The van der Waals surface area contributed by atoms with E-state index < -0.39 is 0 Å². The fourth-order valence-electron chi connectivity index (χ4n) is 2.98. The summed E-state index contributed by atoms with van der Waals surface area (Å²) in [5.74, 6) is 0. The van der Waals surface area contributed by atoms with Gasteiger partial charge in [0.05, 0.1) is 11.7 Å². The molecule has 1 aliphatic rings. The third-order valence-electron chi connectivity index (χ3n) is 4.14. The molecule has 0 saturated heterocycles. The van der Waals surface area contributed by atoms with Gasteiger partial charge in [-0.3, -0.25) is 4.68 Å². The molecular weight excluding hydrogens is 246 g/mol. The number of hydrogen-bond donors (Lipinski definition) is 1. The lowest BCUT2D eigenvalue weighted by molar-refractivity contribution is 0.328. The predicted molar refractivity (Wildman–Crippen MR) is 85.0 cm³/mol. The molecule has 0 aliphatic heterocycles. The standard InChI is InChI=1S/C17H29N3/c1-3-18-12-7-8-15(2)14-16-11-13-20(19-16)17-9-5-4-6-10-17/h8,11,13,17-18H,3-7,9-10,12,14H2,1-2H3. The van der Waals surface area contributed by atoms with E-state index in [0.717, 1.165) is 25.9 Å². The fraction of sp³-hybridized carbons (Fsp3) is 0.706. The summed E-state index contributed by atoms with van der Waals surface area (Å²) >= 11 is 0. The first-order chi connectivity index (χ1) is 9.79. The third-order valence-corrected chi connectivity index (χ3v) is 4.14. The van der Waals surface area contributed by atoms with Gasteiger partial charge in [0.2, 0.25) is 0 Å². The maximum absolute atomic E-state index is 4.78. The molecule has 0 atom stereocenters. The molecule has 1 aromatic rings. The normalized spacial score (nSPS) is 17.6. The van der Waals surface area contributed by atoms with Crippen molar-refractivity contribution in [3.63, 3.8) is 0 Å². The van der Waals surface area contributed by atoms with E-state index in [9.17, 15) is 0 Å². The Kier molecular flexibility index (Phi) is 6.31. The number of rotatable bonds is 7. The maximum atomic E-state index is 4.78. The molecule has 0 radical (unpaired) electrons. The van der Waals surface area contributed by atoms with Crippen LogP contribution in [0, 0.1) is 0 Å². The highest BCUT2D eigenvalue weighted by atomic mass is 15.3. The molecule has 1 saturated carbocycles. The van der Waals surface area contributed by atoms with Crippen LogP contribution in [-0.4, -0.2) is 22.9 Å². The number of hydrogen-bond acceptors (Lipinski definition) is 2. The Morgan fingerprint density at radius 2 is 2.20 bits per heavy atom. The minimum absolute atomic E-state index is 0.649. The van der Waals surface area contributed by atoms with Crippen molar-refractivity contribution in [2.75, 3.05) is 13.1 Å². The van der Waals surface area contributed by atoms with Crippen LogP contribution < -0.4 is 5.32 Å². The van der Waals surface area contributed by atoms with Gasteiger partial charge >= 0.3 is 0 Å². The maximum Gasteiger partial charge on any atom is 0.0664 e. The highest BCUT2D eigenvalue weighted by Crippen LogP contribution is 2.27. The van der Waals surface area contributed by atoms with Crippen molar-refractivity contribution in [3.8, 4) is 0 Å². The van der Waals surface area contributed by atoms with Crippen LogP contribution in [0.15, 0.2) is 23.9 Å². The number of nitrogens with one attached hydrogen (secondary N) is 1. The fourth-order valence-corrected chi connectivity index (χ4v) is 2.98. The van der Waals surface area contributed by atoms with E-state index in [4.69, 9.17) is 5.10 Å². The van der Waals surface area contributed by atoms with E-state index in [1.807, 2.05) is 0 Å². The molecule has 0 bridgehead atoms. The highest BCUT2D eigenvalue weighted by molar-refractivity contribution is 5.12. The van der Waals surface area contributed by atoms with E-state index in [2.05, 4.69) is 42.2 Å². The lowest BCUT2D eigenvalue weighted by Crippen LogP contribution is -2.13. The molecule has 0 unspecified atom stereocenters. The first-order valence-electron chi connectivity index (χ1n) is 8.20. The highest BCUT2D eigenvalue weighted by Gasteiger charge is 2.15. The van der Waals surface area contributed by atoms with Gasteiger partial charge in [-0.25, -0.2) is 0 Å². The van der Waals surface area contributed by atoms with Crippen LogP contribution in [0.4, 0.5) is 0 Å². The quantitative estimate of drug-likeness (QED) is 0.604. The van der Waals surface area contributed by atoms with Gasteiger partial charge in [-0.05, 0) is 45.3 Å². The molecule has 1 fully saturated rings. The van der Waals surface area contributed by atoms with Gasteiger partial charge in [0.25, 0.3) is 0 Å². The summed E-state index contributed by atoms with van der Waals surface area (Å²) in [6, 6.07) is 2.84. The van der Waals surface area contributed by atoms with Crippen LogP contribution in [0.2, 0.25) is 0 Å². The van der Waals surface area contributed by atoms with Crippen LogP contribution in [-0.2, 0) is 6.42 Å². The molecule has 1 aromatic heterocycles. The summed E-state index contributed by atoms with van der Waals surface area (Å²) in [5.41, 5.74) is 2.64. The molecular formula is C17H29N3. The van der Waals surface area contributed by atoms with E-state index in [-0.39, 0.29) is 0 Å². The second-order valence-corrected chi connectivity index (χ2v) is 5.95. The zero-order valence-electron chi connectivity index (χ0n) is 13.1. The number of aromatic nitrogens is 2. The molecule has 1 heterocycles. The molecule has 0 spiro atoms. The van der Waals surface area contributed by atoms with Gasteiger partial charge in [-0.1, -0.05) is 37.8 Å². The summed E-state index contributed by atoms with van der Waals surface area (Å²) in [7, 11) is 0. The van der Waals surface area contributed by atoms with Crippen molar-refractivity contribution in [1.82, 2.24) is 15.1 Å². The Labute approximate surface area is 123 Å². The largest absolute Gasteiger partial charge is 0.317 e. The van der Waals surface area contributed by atoms with Crippen LogP contribution in [0.3, 0.4) is 0 Å². The van der Waals surface area contributed by atoms with Crippen molar-refractivity contribution >= 4 is 0 Å². The van der Waals surface area contributed by atoms with Gasteiger partial charge in [0.15, 0.2) is 0 Å². The van der Waals surface area contributed by atoms with Crippen LogP contribution >= 0.6 is 0 Å². The average Bonchev–Trinajstić information content (AvgIpc) is 2.93. The molecule has 1 N–H and O–H groups in total. The molecule has 0 aromatic carbocycles. The first kappa shape index (κ1) is 15.3. The molecule has 1 aliphatic carbocycles. The second kappa shape index (κ2) is 8.25. The molecule has 0 amide bonds. The lowest BCUT2D eigenvalue weighted by atomic mass is 9.96. The molecule has 20 heavy (non-hydrogen) atoms. The third kappa shape index (κ3) is 4.78. The lowest BCUT2D eigenvalue weighted by Gasteiger charge is -2.21. The Morgan fingerprint density at radius 3 is 2.95 bits per heavy atom. The Hall–Kier alpha value is -1.09. The molecule has 3 nitrogen and oxygen atoms in total.